The van der Waals surface area contributed by atoms with Gasteiger partial charge in [-0.15, -0.1) is 0 Å². The molecule has 19 heteroatoms. The number of rotatable bonds is 9. The highest BCUT2D eigenvalue weighted by molar-refractivity contribution is 9.10. The maximum Gasteiger partial charge on any atom is 0.416 e. The van der Waals surface area contributed by atoms with Crippen LogP contribution in [0.2, 0.25) is 15.1 Å². The predicted molar refractivity (Wildman–Crippen MR) is 296 cm³/mol. The third-order valence-electron chi connectivity index (χ3n) is 12.0. The second kappa shape index (κ2) is 25.6. The molecule has 0 spiro atoms. The number of halogens is 7. The summed E-state index contributed by atoms with van der Waals surface area (Å²) in [4.78, 5) is 76.5. The Morgan fingerprint density at radius 2 is 0.896 bits per heavy atom. The summed E-state index contributed by atoms with van der Waals surface area (Å²) >= 11 is 21.3. The van der Waals surface area contributed by atoms with Crippen LogP contribution >= 0.6 is 50.7 Å². The molecule has 2 aliphatic carbocycles. The number of benzene rings is 6. The normalized spacial score (nSPS) is 13.1. The number of hydrazine groups is 3. The maximum absolute atomic E-state index is 13.1. The van der Waals surface area contributed by atoms with E-state index in [4.69, 9.17) is 34.8 Å². The molecule has 6 aromatic carbocycles. The van der Waals surface area contributed by atoms with E-state index >= 15 is 0 Å². The van der Waals surface area contributed by atoms with Gasteiger partial charge in [0, 0.05) is 32.3 Å². The number of alkyl halides is 3. The SMILES string of the molecule is CC(C)(C)N(NC(=O)c1ccc(C(F)(F)F)cc1)C(=O)c1ccc(Cl)c(Cl)c1.CC(C)(C)N(NC(=O)c1ccccc1)C(=O)c1ccc(Br)cc1Cl.O=C(NN(C(=O)c1ccccc1)C(C1CC1)C1CC1)c1ccccc1. The minimum Gasteiger partial charge on any atom is -0.267 e. The van der Waals surface area contributed by atoms with Crippen molar-refractivity contribution in [1.82, 2.24) is 31.3 Å². The first-order valence-corrected chi connectivity index (χ1v) is 26.4. The zero-order valence-electron chi connectivity index (χ0n) is 42.9. The van der Waals surface area contributed by atoms with Crippen LogP contribution in [0.3, 0.4) is 0 Å². The first-order chi connectivity index (χ1) is 36.2. The van der Waals surface area contributed by atoms with Crippen LogP contribution in [0, 0.1) is 11.8 Å². The van der Waals surface area contributed by atoms with E-state index in [1.807, 2.05) is 63.2 Å². The third kappa shape index (κ3) is 16.6. The summed E-state index contributed by atoms with van der Waals surface area (Å²) in [6, 6.07) is 40.1. The lowest BCUT2D eigenvalue weighted by molar-refractivity contribution is -0.137. The van der Waals surface area contributed by atoms with Gasteiger partial charge in [0.1, 0.15) is 0 Å². The van der Waals surface area contributed by atoms with Crippen LogP contribution in [0.4, 0.5) is 13.2 Å². The van der Waals surface area contributed by atoms with Crippen molar-refractivity contribution in [2.75, 3.05) is 0 Å². The predicted octanol–water partition coefficient (Wildman–Crippen LogP) is 13.9. The van der Waals surface area contributed by atoms with Gasteiger partial charge in [-0.1, -0.05) is 105 Å². The second-order valence-corrected chi connectivity index (χ2v) is 22.3. The smallest absolute Gasteiger partial charge is 0.267 e. The van der Waals surface area contributed by atoms with Gasteiger partial charge in [0.15, 0.2) is 0 Å². The van der Waals surface area contributed by atoms with Crippen LogP contribution in [0.5, 0.6) is 0 Å². The van der Waals surface area contributed by atoms with E-state index in [1.54, 1.807) is 92.5 Å². The van der Waals surface area contributed by atoms with Crippen LogP contribution in [0.1, 0.15) is 135 Å². The van der Waals surface area contributed by atoms with E-state index in [-0.39, 0.29) is 50.8 Å². The average molecular weight is 1180 g/mol. The molecular weight excluding hydrogens is 1120 g/mol. The van der Waals surface area contributed by atoms with Gasteiger partial charge in [-0.25, -0.2) is 15.0 Å². The maximum atomic E-state index is 13.1. The van der Waals surface area contributed by atoms with Crippen LogP contribution in [0.25, 0.3) is 0 Å². The first-order valence-electron chi connectivity index (χ1n) is 24.4. The fourth-order valence-electron chi connectivity index (χ4n) is 7.75. The molecule has 2 aliphatic rings. The molecule has 0 atom stereocenters. The Bertz CT molecular complexity index is 3050. The summed E-state index contributed by atoms with van der Waals surface area (Å²) in [6.07, 6.45) is 0.0556. The van der Waals surface area contributed by atoms with E-state index in [1.165, 1.54) is 23.2 Å². The van der Waals surface area contributed by atoms with Gasteiger partial charge in [0.25, 0.3) is 35.4 Å². The lowest BCUT2D eigenvalue weighted by Gasteiger charge is -2.35. The molecule has 0 aromatic heterocycles. The number of nitrogens with zero attached hydrogens (tertiary/aromatic N) is 3. The Morgan fingerprint density at radius 1 is 0.481 bits per heavy atom. The highest BCUT2D eigenvalue weighted by atomic mass is 79.9. The molecule has 2 saturated carbocycles. The lowest BCUT2D eigenvalue weighted by Crippen LogP contribution is -2.55. The van der Waals surface area contributed by atoms with Crippen molar-refractivity contribution < 1.29 is 41.9 Å². The molecule has 12 nitrogen and oxygen atoms in total. The van der Waals surface area contributed by atoms with E-state index in [2.05, 4.69) is 32.2 Å². The molecule has 0 bridgehead atoms. The Kier molecular flexibility index (Phi) is 19.8. The Balaban J connectivity index is 0.000000188. The van der Waals surface area contributed by atoms with E-state index in [0.29, 0.717) is 39.1 Å². The number of hydrogen-bond acceptors (Lipinski definition) is 6. The number of carbonyl (C=O) groups excluding carboxylic acids is 6. The third-order valence-corrected chi connectivity index (χ3v) is 13.6. The number of amides is 6. The summed E-state index contributed by atoms with van der Waals surface area (Å²) in [5.74, 6) is -1.32. The Labute approximate surface area is 469 Å². The molecular formula is C58H57BrCl3F3N6O6. The monoisotopic (exact) mass is 1170 g/mol. The van der Waals surface area contributed by atoms with Crippen molar-refractivity contribution in [3.63, 3.8) is 0 Å². The van der Waals surface area contributed by atoms with E-state index in [0.717, 1.165) is 59.4 Å². The molecule has 0 saturated heterocycles. The average Bonchev–Trinajstić information content (AvgIpc) is 4.35. The van der Waals surface area contributed by atoms with Gasteiger partial charge in [-0.2, -0.15) is 13.2 Å². The zero-order chi connectivity index (χ0) is 56.4. The summed E-state index contributed by atoms with van der Waals surface area (Å²) in [7, 11) is 0. The van der Waals surface area contributed by atoms with Crippen molar-refractivity contribution in [3.8, 4) is 0 Å². The second-order valence-electron chi connectivity index (χ2n) is 20.2. The van der Waals surface area contributed by atoms with Crippen molar-refractivity contribution >= 4 is 86.2 Å². The Morgan fingerprint density at radius 3 is 1.31 bits per heavy atom. The Hall–Kier alpha value is -6.72. The zero-order valence-corrected chi connectivity index (χ0v) is 46.8. The minimum atomic E-state index is -4.50. The molecule has 6 aromatic rings. The summed E-state index contributed by atoms with van der Waals surface area (Å²) < 4.78 is 38.8. The van der Waals surface area contributed by atoms with E-state index < -0.39 is 34.6 Å². The van der Waals surface area contributed by atoms with Gasteiger partial charge >= 0.3 is 6.18 Å². The van der Waals surface area contributed by atoms with Crippen LogP contribution in [-0.2, 0) is 6.18 Å². The molecule has 3 N–H and O–H groups in total. The number of nitrogens with one attached hydrogen (secondary N) is 3. The fourth-order valence-corrected chi connectivity index (χ4v) is 8.80. The highest BCUT2D eigenvalue weighted by Gasteiger charge is 2.47. The standard InChI is InChI=1S/C21H22N2O2.C19H17Cl2F3N2O2.C18H18BrClN2O2/c24-20(17-7-3-1-4-8-17)22-23(19(15-11-12-15)16-13-14-16)21(25)18-9-5-2-6-10-18;1-18(2,3)26(17(28)12-6-9-14(20)15(21)10-12)25-16(27)11-4-7-13(8-5-11)19(22,23)24;1-18(2,3)22(21-16(23)12-7-5-4-6-8-12)17(24)14-10-9-13(19)11-15(14)20/h1-10,15-16,19H,11-14H2,(H,22,24);4-10H,1-3H3,(H,25,27);4-11H,1-3H3,(H,21,23). The molecule has 6 amide bonds. The van der Waals surface area contributed by atoms with Gasteiger partial charge in [-0.3, -0.25) is 45.0 Å². The number of hydrogen-bond donors (Lipinski definition) is 3. The van der Waals surface area contributed by atoms with E-state index in [9.17, 15) is 41.9 Å². The molecule has 0 radical (unpaired) electrons. The van der Waals surface area contributed by atoms with Crippen molar-refractivity contribution in [1.29, 1.82) is 0 Å². The number of carbonyl (C=O) groups is 6. The van der Waals surface area contributed by atoms with Gasteiger partial charge < -0.3 is 0 Å². The van der Waals surface area contributed by atoms with Crippen LogP contribution < -0.4 is 16.3 Å². The van der Waals surface area contributed by atoms with Crippen LogP contribution in [0.15, 0.2) is 156 Å². The highest BCUT2D eigenvalue weighted by Crippen LogP contribution is 2.47. The van der Waals surface area contributed by atoms with Gasteiger partial charge in [-0.05, 0) is 176 Å². The van der Waals surface area contributed by atoms with Crippen molar-refractivity contribution in [3.05, 3.63) is 210 Å². The van der Waals surface area contributed by atoms with Gasteiger partial charge in [0.05, 0.1) is 43.3 Å². The summed E-state index contributed by atoms with van der Waals surface area (Å²) in [6.45, 7) is 10.6. The minimum absolute atomic E-state index is 0.0239. The van der Waals surface area contributed by atoms with Crippen LogP contribution in [-0.4, -0.2) is 67.6 Å². The molecule has 0 heterocycles. The summed E-state index contributed by atoms with van der Waals surface area (Å²) in [5.41, 5.74) is 7.88. The lowest BCUT2D eigenvalue weighted by atomic mass is 10.1. The molecule has 0 aliphatic heterocycles. The topological polar surface area (TPSA) is 148 Å². The summed E-state index contributed by atoms with van der Waals surface area (Å²) in [5, 5.41) is 4.78. The quantitative estimate of drug-likeness (QED) is 0.123. The molecule has 8 rings (SSSR count). The molecule has 2 fully saturated rings. The van der Waals surface area contributed by atoms with Crippen molar-refractivity contribution in [2.45, 2.75) is 90.5 Å². The van der Waals surface area contributed by atoms with Gasteiger partial charge in [0.2, 0.25) is 0 Å². The molecule has 404 valence electrons. The fraction of sp³-hybridized carbons (Fsp3) is 0.276. The first kappa shape index (κ1) is 59.5. The van der Waals surface area contributed by atoms with Crippen molar-refractivity contribution in [2.24, 2.45) is 11.8 Å². The molecule has 0 unspecified atom stereocenters. The molecule has 77 heavy (non-hydrogen) atoms. The largest absolute Gasteiger partial charge is 0.416 e.